The van der Waals surface area contributed by atoms with Crippen molar-refractivity contribution >= 4 is 24.0 Å². The van der Waals surface area contributed by atoms with Gasteiger partial charge in [0, 0.05) is 4.88 Å². The maximum Gasteiger partial charge on any atom is 0.515 e. The molecule has 3 nitrogen and oxygen atoms in total. The maximum atomic E-state index is 6.02. The third-order valence-corrected chi connectivity index (χ3v) is 4.53. The lowest BCUT2D eigenvalue weighted by Gasteiger charge is -2.32. The zero-order valence-corrected chi connectivity index (χ0v) is 12.1. The van der Waals surface area contributed by atoms with Gasteiger partial charge in [0.25, 0.3) is 0 Å². The predicted octanol–water partition coefficient (Wildman–Crippen LogP) is 2.39. The molecule has 17 heavy (non-hydrogen) atoms. The third kappa shape index (κ3) is 2.28. The molecule has 1 saturated heterocycles. The number of aryl methyl sites for hydroxylation is 1. The van der Waals surface area contributed by atoms with Gasteiger partial charge in [-0.05, 0) is 34.1 Å². The van der Waals surface area contributed by atoms with Crippen LogP contribution in [0.5, 0.6) is 0 Å². The Balaban J connectivity index is 2.23. The van der Waals surface area contributed by atoms with Gasteiger partial charge < -0.3 is 9.31 Å². The van der Waals surface area contributed by atoms with Crippen molar-refractivity contribution in [3.05, 3.63) is 10.4 Å². The molecular weight excluding hydrogens is 233 g/mol. The van der Waals surface area contributed by atoms with Crippen molar-refractivity contribution in [3.63, 3.8) is 0 Å². The van der Waals surface area contributed by atoms with E-state index in [-0.39, 0.29) is 18.3 Å². The first-order valence-electron chi connectivity index (χ1n) is 6.15. The van der Waals surface area contributed by atoms with Crippen molar-refractivity contribution in [1.82, 2.24) is 4.98 Å². The van der Waals surface area contributed by atoms with E-state index in [2.05, 4.69) is 39.6 Å². The molecule has 94 valence electrons. The Hall–Kier alpha value is -0.385. The van der Waals surface area contributed by atoms with Crippen molar-refractivity contribution in [2.24, 2.45) is 0 Å². The molecule has 2 heterocycles. The van der Waals surface area contributed by atoms with Gasteiger partial charge in [0.2, 0.25) is 0 Å². The Bertz CT molecular complexity index is 387. The van der Waals surface area contributed by atoms with Crippen molar-refractivity contribution < 1.29 is 9.31 Å². The first-order chi connectivity index (χ1) is 7.87. The highest BCUT2D eigenvalue weighted by Gasteiger charge is 2.53. The Morgan fingerprint density at radius 3 is 2.35 bits per heavy atom. The smallest absolute Gasteiger partial charge is 0.398 e. The molecule has 0 unspecified atom stereocenters. The van der Waals surface area contributed by atoms with Crippen LogP contribution in [0.25, 0.3) is 0 Å². The first kappa shape index (κ1) is 13.1. The van der Waals surface area contributed by atoms with Gasteiger partial charge in [-0.25, -0.2) is 0 Å². The molecule has 0 N–H and O–H groups in total. The van der Waals surface area contributed by atoms with E-state index < -0.39 is 0 Å². The van der Waals surface area contributed by atoms with E-state index in [0.29, 0.717) is 0 Å². The molecular formula is C12H20BNO2S. The van der Waals surface area contributed by atoms with E-state index in [1.54, 1.807) is 11.3 Å². The molecule has 1 fully saturated rings. The molecule has 0 saturated carbocycles. The fraction of sp³-hybridized carbons (Fsp3) is 0.750. The highest BCUT2D eigenvalue weighted by molar-refractivity contribution is 7.11. The van der Waals surface area contributed by atoms with Crippen molar-refractivity contribution in [2.45, 2.75) is 58.7 Å². The summed E-state index contributed by atoms with van der Waals surface area (Å²) in [6.07, 6.45) is 2.17. The number of nitrogens with zero attached hydrogens (tertiary/aromatic N) is 1. The summed E-state index contributed by atoms with van der Waals surface area (Å²) in [7, 11) is -0.312. The molecule has 1 aliphatic heterocycles. The fourth-order valence-corrected chi connectivity index (χ4v) is 2.73. The Labute approximate surface area is 108 Å². The van der Waals surface area contributed by atoms with Crippen LogP contribution < -0.4 is 5.59 Å². The van der Waals surface area contributed by atoms with Crippen LogP contribution in [0.2, 0.25) is 0 Å². The topological polar surface area (TPSA) is 31.4 Å². The molecule has 0 spiro atoms. The summed E-state index contributed by atoms with van der Waals surface area (Å²) in [5, 5.41) is 0. The monoisotopic (exact) mass is 253 g/mol. The lowest BCUT2D eigenvalue weighted by Crippen LogP contribution is -2.41. The minimum Gasteiger partial charge on any atom is -0.398 e. The maximum absolute atomic E-state index is 6.02. The van der Waals surface area contributed by atoms with Crippen LogP contribution in [0.15, 0.2) is 5.51 Å². The van der Waals surface area contributed by atoms with Crippen LogP contribution in [0.4, 0.5) is 0 Å². The quantitative estimate of drug-likeness (QED) is 0.775. The summed E-state index contributed by atoms with van der Waals surface area (Å²) < 4.78 is 12.0. The second-order valence-corrected chi connectivity index (χ2v) is 6.44. The van der Waals surface area contributed by atoms with E-state index >= 15 is 0 Å². The SMILES string of the molecule is CCCc1scnc1B1OC(C)(C)C(C)(C)O1. The van der Waals surface area contributed by atoms with E-state index in [1.807, 2.05) is 5.51 Å². The van der Waals surface area contributed by atoms with Crippen molar-refractivity contribution in [1.29, 1.82) is 0 Å². The highest BCUT2D eigenvalue weighted by atomic mass is 32.1. The summed E-state index contributed by atoms with van der Waals surface area (Å²) in [6, 6.07) is 0. The second kappa shape index (κ2) is 4.37. The first-order valence-corrected chi connectivity index (χ1v) is 7.03. The van der Waals surface area contributed by atoms with Crippen LogP contribution in [0, 0.1) is 0 Å². The van der Waals surface area contributed by atoms with Crippen LogP contribution in [-0.2, 0) is 15.7 Å². The fourth-order valence-electron chi connectivity index (χ4n) is 1.84. The average Bonchev–Trinajstić information content (AvgIpc) is 2.71. The number of hydrogen-bond donors (Lipinski definition) is 0. The lowest BCUT2D eigenvalue weighted by atomic mass is 9.83. The number of rotatable bonds is 3. The minimum absolute atomic E-state index is 0.287. The average molecular weight is 253 g/mol. The summed E-state index contributed by atoms with van der Waals surface area (Å²) in [5.41, 5.74) is 2.27. The third-order valence-electron chi connectivity index (χ3n) is 3.63. The zero-order chi connectivity index (χ0) is 12.7. The van der Waals surface area contributed by atoms with Crippen LogP contribution in [0.1, 0.15) is 45.9 Å². The van der Waals surface area contributed by atoms with E-state index in [9.17, 15) is 0 Å². The van der Waals surface area contributed by atoms with Gasteiger partial charge in [-0.15, -0.1) is 11.3 Å². The molecule has 1 aromatic heterocycles. The van der Waals surface area contributed by atoms with Gasteiger partial charge in [0.15, 0.2) is 0 Å². The molecule has 1 aliphatic rings. The summed E-state index contributed by atoms with van der Waals surface area (Å²) in [6.45, 7) is 10.4. The van der Waals surface area contributed by atoms with E-state index in [0.717, 1.165) is 18.4 Å². The number of hydrogen-bond acceptors (Lipinski definition) is 4. The van der Waals surface area contributed by atoms with E-state index in [1.165, 1.54) is 4.88 Å². The molecule has 0 bridgehead atoms. The minimum atomic E-state index is -0.312. The molecule has 0 aliphatic carbocycles. The molecule has 5 heteroatoms. The van der Waals surface area contributed by atoms with Gasteiger partial charge >= 0.3 is 7.12 Å². The number of thiazole rings is 1. The predicted molar refractivity (Wildman–Crippen MR) is 71.8 cm³/mol. The molecule has 2 rings (SSSR count). The van der Waals surface area contributed by atoms with Crippen LogP contribution >= 0.6 is 11.3 Å². The van der Waals surface area contributed by atoms with Gasteiger partial charge in [-0.1, -0.05) is 13.3 Å². The summed E-state index contributed by atoms with van der Waals surface area (Å²) in [5.74, 6) is 0. The van der Waals surface area contributed by atoms with Crippen molar-refractivity contribution in [3.8, 4) is 0 Å². The van der Waals surface area contributed by atoms with Crippen molar-refractivity contribution in [2.75, 3.05) is 0 Å². The Morgan fingerprint density at radius 1 is 1.24 bits per heavy atom. The summed E-state index contributed by atoms with van der Waals surface area (Å²) >= 11 is 1.69. The molecule has 0 amide bonds. The van der Waals surface area contributed by atoms with Crippen LogP contribution in [-0.4, -0.2) is 23.3 Å². The molecule has 0 atom stereocenters. The summed E-state index contributed by atoms with van der Waals surface area (Å²) in [4.78, 5) is 5.70. The second-order valence-electron chi connectivity index (χ2n) is 5.50. The van der Waals surface area contributed by atoms with Gasteiger partial charge in [0.05, 0.1) is 22.3 Å². The largest absolute Gasteiger partial charge is 0.515 e. The molecule has 0 aromatic carbocycles. The molecule has 1 aromatic rings. The Kier molecular flexibility index (Phi) is 3.36. The zero-order valence-electron chi connectivity index (χ0n) is 11.2. The van der Waals surface area contributed by atoms with Gasteiger partial charge in [-0.3, -0.25) is 4.98 Å². The lowest BCUT2D eigenvalue weighted by molar-refractivity contribution is 0.00578. The molecule has 0 radical (unpaired) electrons. The van der Waals surface area contributed by atoms with E-state index in [4.69, 9.17) is 9.31 Å². The van der Waals surface area contributed by atoms with Gasteiger partial charge in [0.1, 0.15) is 0 Å². The van der Waals surface area contributed by atoms with Crippen LogP contribution in [0.3, 0.4) is 0 Å². The standard InChI is InChI=1S/C12H20BNO2S/c1-6-7-9-10(14-8-17-9)13-15-11(2,3)12(4,5)16-13/h8H,6-7H2,1-5H3. The normalized spacial score (nSPS) is 22.1. The Morgan fingerprint density at radius 2 is 1.82 bits per heavy atom. The highest BCUT2D eigenvalue weighted by Crippen LogP contribution is 2.36. The van der Waals surface area contributed by atoms with Gasteiger partial charge in [-0.2, -0.15) is 0 Å². The number of aromatic nitrogens is 1.